The summed E-state index contributed by atoms with van der Waals surface area (Å²) in [5, 5.41) is 2.81. The molecular formula is C20H23ClN2O4S. The highest BCUT2D eigenvalue weighted by Crippen LogP contribution is 2.27. The van der Waals surface area contributed by atoms with Crippen molar-refractivity contribution in [2.24, 2.45) is 0 Å². The lowest BCUT2D eigenvalue weighted by Crippen LogP contribution is -2.48. The molecule has 0 radical (unpaired) electrons. The molecule has 0 heterocycles. The Balaban J connectivity index is 2.26. The fourth-order valence-electron chi connectivity index (χ4n) is 2.51. The van der Waals surface area contributed by atoms with Crippen LogP contribution in [0, 0.1) is 0 Å². The topological polar surface area (TPSA) is 84.5 Å². The summed E-state index contributed by atoms with van der Waals surface area (Å²) >= 11 is 6.10. The third-order valence-electron chi connectivity index (χ3n) is 3.83. The summed E-state index contributed by atoms with van der Waals surface area (Å²) < 4.78 is 33.4. The van der Waals surface area contributed by atoms with E-state index in [1.807, 2.05) is 30.3 Å². The molecule has 0 spiro atoms. The number of halogens is 1. The zero-order chi connectivity index (χ0) is 20.6. The van der Waals surface area contributed by atoms with Gasteiger partial charge in [-0.3, -0.25) is 4.79 Å². The molecule has 2 N–H and O–H groups in total. The summed E-state index contributed by atoms with van der Waals surface area (Å²) in [6.45, 7) is 6.00. The van der Waals surface area contributed by atoms with Crippen molar-refractivity contribution in [3.63, 3.8) is 0 Å². The first-order valence-electron chi connectivity index (χ1n) is 8.74. The Hall–Kier alpha value is -2.35. The molecule has 0 aromatic heterocycles. The molecule has 0 fully saturated rings. The molecule has 0 aliphatic rings. The molecule has 0 bridgehead atoms. The van der Waals surface area contributed by atoms with Crippen molar-refractivity contribution < 1.29 is 17.9 Å². The van der Waals surface area contributed by atoms with Gasteiger partial charge in [-0.2, -0.15) is 4.72 Å². The normalized spacial score (nSPS) is 12.2. The molecule has 28 heavy (non-hydrogen) atoms. The second kappa shape index (κ2) is 10.3. The van der Waals surface area contributed by atoms with Gasteiger partial charge in [-0.25, -0.2) is 8.42 Å². The first-order chi connectivity index (χ1) is 13.4. The van der Waals surface area contributed by atoms with Crippen LogP contribution in [-0.4, -0.2) is 33.5 Å². The maximum Gasteiger partial charge on any atom is 0.241 e. The predicted molar refractivity (Wildman–Crippen MR) is 110 cm³/mol. The van der Waals surface area contributed by atoms with Gasteiger partial charge >= 0.3 is 0 Å². The van der Waals surface area contributed by atoms with Gasteiger partial charge in [0.25, 0.3) is 0 Å². The molecule has 2 rings (SSSR count). The highest BCUT2D eigenvalue weighted by Gasteiger charge is 2.26. The first-order valence-corrected chi connectivity index (χ1v) is 10.6. The van der Waals surface area contributed by atoms with Gasteiger partial charge in [-0.15, -0.1) is 6.58 Å². The van der Waals surface area contributed by atoms with Crippen molar-refractivity contribution in [1.29, 1.82) is 0 Å². The number of sulfonamides is 1. The van der Waals surface area contributed by atoms with Crippen molar-refractivity contribution in [2.45, 2.75) is 24.3 Å². The average Bonchev–Trinajstić information content (AvgIpc) is 2.68. The van der Waals surface area contributed by atoms with Gasteiger partial charge in [-0.05, 0) is 37.1 Å². The van der Waals surface area contributed by atoms with E-state index in [0.717, 1.165) is 5.56 Å². The summed E-state index contributed by atoms with van der Waals surface area (Å²) in [5.74, 6) is -0.0444. The number of hydrogen-bond donors (Lipinski definition) is 2. The summed E-state index contributed by atoms with van der Waals surface area (Å²) in [4.78, 5) is 12.4. The Morgan fingerprint density at radius 2 is 1.96 bits per heavy atom. The lowest BCUT2D eigenvalue weighted by molar-refractivity contribution is -0.122. The standard InChI is InChI=1S/C20H23ClN2O4S/c1-3-12-22-20(24)18(13-15-8-6-5-7-9-15)23-28(25,26)16-10-11-19(27-4-2)17(21)14-16/h3,5-11,14,18,23H,1,4,12-13H2,2H3,(H,22,24)/t18-/m0/s1. The molecule has 1 amide bonds. The van der Waals surface area contributed by atoms with E-state index >= 15 is 0 Å². The maximum atomic E-state index is 12.8. The highest BCUT2D eigenvalue weighted by atomic mass is 35.5. The van der Waals surface area contributed by atoms with Crippen molar-refractivity contribution in [1.82, 2.24) is 10.0 Å². The van der Waals surface area contributed by atoms with Crippen molar-refractivity contribution in [3.05, 3.63) is 71.8 Å². The quantitative estimate of drug-likeness (QED) is 0.576. The third-order valence-corrected chi connectivity index (χ3v) is 5.60. The van der Waals surface area contributed by atoms with E-state index in [2.05, 4.69) is 16.6 Å². The number of carbonyl (C=O) groups excluding carboxylic acids is 1. The molecular weight excluding hydrogens is 400 g/mol. The Morgan fingerprint density at radius 3 is 2.57 bits per heavy atom. The van der Waals surface area contributed by atoms with Crippen molar-refractivity contribution in [3.8, 4) is 5.75 Å². The number of rotatable bonds is 10. The van der Waals surface area contributed by atoms with Gasteiger partial charge in [0, 0.05) is 6.54 Å². The average molecular weight is 423 g/mol. The Bertz CT molecular complexity index is 917. The number of hydrogen-bond acceptors (Lipinski definition) is 4. The molecule has 150 valence electrons. The maximum absolute atomic E-state index is 12.8. The molecule has 0 saturated carbocycles. The molecule has 1 atom stereocenters. The van der Waals surface area contributed by atoms with Crippen LogP contribution in [0.1, 0.15) is 12.5 Å². The van der Waals surface area contributed by atoms with Gasteiger partial charge in [0.15, 0.2) is 0 Å². The Kier molecular flexibility index (Phi) is 8.04. The number of ether oxygens (including phenoxy) is 1. The van der Waals surface area contributed by atoms with E-state index in [1.165, 1.54) is 24.3 Å². The molecule has 8 heteroatoms. The van der Waals surface area contributed by atoms with E-state index in [-0.39, 0.29) is 22.9 Å². The SMILES string of the molecule is C=CCNC(=O)[C@H](Cc1ccccc1)NS(=O)(=O)c1ccc(OCC)c(Cl)c1. The van der Waals surface area contributed by atoms with E-state index < -0.39 is 22.0 Å². The monoisotopic (exact) mass is 422 g/mol. The molecule has 2 aromatic rings. The highest BCUT2D eigenvalue weighted by molar-refractivity contribution is 7.89. The number of amides is 1. The molecule has 0 unspecified atom stereocenters. The van der Waals surface area contributed by atoms with Crippen molar-refractivity contribution in [2.75, 3.05) is 13.2 Å². The van der Waals surface area contributed by atoms with Crippen LogP contribution in [0.3, 0.4) is 0 Å². The lowest BCUT2D eigenvalue weighted by atomic mass is 10.1. The summed E-state index contributed by atoms with van der Waals surface area (Å²) in [6.07, 6.45) is 1.73. The van der Waals surface area contributed by atoms with Gasteiger partial charge in [0.1, 0.15) is 11.8 Å². The largest absolute Gasteiger partial charge is 0.492 e. The predicted octanol–water partition coefficient (Wildman–Crippen LogP) is 2.93. The van der Waals surface area contributed by atoms with E-state index in [4.69, 9.17) is 16.3 Å². The molecule has 0 aliphatic heterocycles. The van der Waals surface area contributed by atoms with Crippen LogP contribution in [0.15, 0.2) is 66.1 Å². The third kappa shape index (κ3) is 6.09. The van der Waals surface area contributed by atoms with Crippen molar-refractivity contribution >= 4 is 27.5 Å². The minimum atomic E-state index is -3.98. The fraction of sp³-hybridized carbons (Fsp3) is 0.250. The van der Waals surface area contributed by atoms with Crippen LogP contribution in [0.25, 0.3) is 0 Å². The van der Waals surface area contributed by atoms with Gasteiger partial charge in [0.2, 0.25) is 15.9 Å². The van der Waals surface area contributed by atoms with E-state index in [0.29, 0.717) is 12.4 Å². The first kappa shape index (κ1) is 21.9. The van der Waals surface area contributed by atoms with E-state index in [1.54, 1.807) is 6.92 Å². The molecule has 6 nitrogen and oxygen atoms in total. The van der Waals surface area contributed by atoms with Crippen LogP contribution in [0.5, 0.6) is 5.75 Å². The lowest BCUT2D eigenvalue weighted by Gasteiger charge is -2.19. The second-order valence-corrected chi connectivity index (χ2v) is 8.04. The van der Waals surface area contributed by atoms with E-state index in [9.17, 15) is 13.2 Å². The zero-order valence-corrected chi connectivity index (χ0v) is 17.1. The second-order valence-electron chi connectivity index (χ2n) is 5.92. The van der Waals surface area contributed by atoms with Crippen LogP contribution < -0.4 is 14.8 Å². The summed E-state index contributed by atoms with van der Waals surface area (Å²) in [7, 11) is -3.98. The van der Waals surface area contributed by atoms with Gasteiger partial charge in [-0.1, -0.05) is 48.0 Å². The smallest absolute Gasteiger partial charge is 0.241 e. The van der Waals surface area contributed by atoms with Crippen LogP contribution in [0.2, 0.25) is 5.02 Å². The molecule has 0 aliphatic carbocycles. The number of nitrogens with one attached hydrogen (secondary N) is 2. The number of carbonyl (C=O) groups is 1. The summed E-state index contributed by atoms with van der Waals surface area (Å²) in [5.41, 5.74) is 0.827. The van der Waals surface area contributed by atoms with Crippen LogP contribution in [0.4, 0.5) is 0 Å². The summed E-state index contributed by atoms with van der Waals surface area (Å²) in [6, 6.07) is 12.4. The molecule has 2 aromatic carbocycles. The Morgan fingerprint density at radius 1 is 1.25 bits per heavy atom. The number of benzene rings is 2. The minimum Gasteiger partial charge on any atom is -0.492 e. The fourth-order valence-corrected chi connectivity index (χ4v) is 4.03. The van der Waals surface area contributed by atoms with Gasteiger partial charge in [0.05, 0.1) is 16.5 Å². The zero-order valence-electron chi connectivity index (χ0n) is 15.5. The van der Waals surface area contributed by atoms with Crippen LogP contribution in [-0.2, 0) is 21.2 Å². The molecule has 0 saturated heterocycles. The minimum absolute atomic E-state index is 0.0458. The Labute approximate surface area is 170 Å². The van der Waals surface area contributed by atoms with Gasteiger partial charge < -0.3 is 10.1 Å². The van der Waals surface area contributed by atoms with Crippen LogP contribution >= 0.6 is 11.6 Å².